The zero-order chi connectivity index (χ0) is 23.5. The molecule has 1 atom stereocenters. The highest BCUT2D eigenvalue weighted by Crippen LogP contribution is 2.40. The number of halogens is 1. The number of amides is 1. The normalized spacial score (nSPS) is 17.9. The molecule has 0 unspecified atom stereocenters. The maximum atomic E-state index is 13.2. The second-order valence-corrected chi connectivity index (χ2v) is 9.71. The first-order valence-electron chi connectivity index (χ1n) is 12.2. The van der Waals surface area contributed by atoms with Gasteiger partial charge >= 0.3 is 6.09 Å². The van der Waals surface area contributed by atoms with Gasteiger partial charge in [0, 0.05) is 34.8 Å². The van der Waals surface area contributed by atoms with Crippen LogP contribution in [0.4, 0.5) is 4.79 Å². The van der Waals surface area contributed by atoms with Crippen molar-refractivity contribution in [3.05, 3.63) is 64.3 Å². The molecule has 2 N–H and O–H groups in total. The van der Waals surface area contributed by atoms with Crippen molar-refractivity contribution in [3.8, 4) is 5.75 Å². The SMILES string of the molecule is O=C(OCC1CCC1)N1CCc2c([nH]c3ccc(Cl)cc23)[C@@H]1c1ccc(OCCCCO)cc1. The van der Waals surface area contributed by atoms with Gasteiger partial charge in [0.1, 0.15) is 11.8 Å². The second-order valence-electron chi connectivity index (χ2n) is 9.28. The molecule has 0 radical (unpaired) electrons. The number of aromatic nitrogens is 1. The van der Waals surface area contributed by atoms with Crippen LogP contribution in [-0.4, -0.2) is 47.4 Å². The van der Waals surface area contributed by atoms with Gasteiger partial charge in [0.2, 0.25) is 0 Å². The molecule has 6 nitrogen and oxygen atoms in total. The molecule has 0 bridgehead atoms. The molecule has 34 heavy (non-hydrogen) atoms. The third-order valence-corrected chi connectivity index (χ3v) is 7.24. The maximum absolute atomic E-state index is 13.2. The minimum atomic E-state index is -0.271. The molecule has 3 aromatic rings. The van der Waals surface area contributed by atoms with Crippen LogP contribution in [0.2, 0.25) is 5.02 Å². The molecule has 2 heterocycles. The van der Waals surface area contributed by atoms with Crippen molar-refractivity contribution in [3.63, 3.8) is 0 Å². The number of aliphatic hydroxyl groups is 1. The number of hydrogen-bond acceptors (Lipinski definition) is 4. The van der Waals surface area contributed by atoms with Crippen molar-refractivity contribution in [1.82, 2.24) is 9.88 Å². The van der Waals surface area contributed by atoms with E-state index in [9.17, 15) is 4.79 Å². The minimum Gasteiger partial charge on any atom is -0.494 e. The van der Waals surface area contributed by atoms with Crippen LogP contribution in [0, 0.1) is 5.92 Å². The third-order valence-electron chi connectivity index (χ3n) is 7.01. The molecule has 2 aromatic carbocycles. The Balaban J connectivity index is 1.43. The van der Waals surface area contributed by atoms with E-state index in [1.54, 1.807) is 0 Å². The zero-order valence-electron chi connectivity index (χ0n) is 19.3. The number of hydrogen-bond donors (Lipinski definition) is 2. The summed E-state index contributed by atoms with van der Waals surface area (Å²) in [6.07, 6.45) is 5.53. The molecular formula is C27H31ClN2O4. The molecule has 0 spiro atoms. The number of aliphatic hydroxyl groups excluding tert-OH is 1. The quantitative estimate of drug-likeness (QED) is 0.394. The molecule has 180 valence electrons. The Morgan fingerprint density at radius 1 is 1.15 bits per heavy atom. The standard InChI is InChI=1S/C27H31ClN2O4/c28-20-8-11-24-23(16-20)22-12-13-30(27(32)34-17-18-4-3-5-18)26(25(22)29-24)19-6-9-21(10-7-19)33-15-2-1-14-31/h6-11,16,18,26,29,31H,1-5,12-15,17H2/t26-/m0/s1. The van der Waals surface area contributed by atoms with Gasteiger partial charge in [0.05, 0.1) is 13.2 Å². The van der Waals surface area contributed by atoms with Gasteiger partial charge in [-0.05, 0) is 79.5 Å². The molecule has 1 aliphatic heterocycles. The van der Waals surface area contributed by atoms with E-state index < -0.39 is 0 Å². The van der Waals surface area contributed by atoms with Crippen LogP contribution in [0.3, 0.4) is 0 Å². The Morgan fingerprint density at radius 2 is 1.97 bits per heavy atom. The zero-order valence-corrected chi connectivity index (χ0v) is 20.0. The first-order chi connectivity index (χ1) is 16.6. The first kappa shape index (κ1) is 23.1. The van der Waals surface area contributed by atoms with E-state index in [2.05, 4.69) is 4.98 Å². The number of H-pyrrole nitrogens is 1. The van der Waals surface area contributed by atoms with E-state index in [1.165, 1.54) is 12.0 Å². The molecule has 1 saturated carbocycles. The number of nitrogens with zero attached hydrogens (tertiary/aromatic N) is 1. The van der Waals surface area contributed by atoms with Gasteiger partial charge in [-0.15, -0.1) is 0 Å². The van der Waals surface area contributed by atoms with Gasteiger partial charge in [-0.25, -0.2) is 4.79 Å². The number of carbonyl (C=O) groups is 1. The van der Waals surface area contributed by atoms with Gasteiger partial charge in [0.15, 0.2) is 0 Å². The number of rotatable bonds is 8. The van der Waals surface area contributed by atoms with Crippen molar-refractivity contribution >= 4 is 28.6 Å². The van der Waals surface area contributed by atoms with Crippen LogP contribution in [0.1, 0.15) is 55.0 Å². The van der Waals surface area contributed by atoms with Gasteiger partial charge in [-0.3, -0.25) is 4.90 Å². The second kappa shape index (κ2) is 10.3. The van der Waals surface area contributed by atoms with Crippen molar-refractivity contribution in [1.29, 1.82) is 0 Å². The van der Waals surface area contributed by atoms with Crippen LogP contribution < -0.4 is 4.74 Å². The average Bonchev–Trinajstić information content (AvgIpc) is 3.18. The number of fused-ring (bicyclic) bond motifs is 3. The fraction of sp³-hybridized carbons (Fsp3) is 0.444. The highest BCUT2D eigenvalue weighted by molar-refractivity contribution is 6.31. The number of carbonyl (C=O) groups excluding carboxylic acids is 1. The smallest absolute Gasteiger partial charge is 0.410 e. The van der Waals surface area contributed by atoms with Crippen molar-refractivity contribution in [2.45, 2.75) is 44.6 Å². The number of ether oxygens (including phenoxy) is 2. The van der Waals surface area contributed by atoms with E-state index in [0.717, 1.165) is 60.0 Å². The molecule has 0 saturated heterocycles. The van der Waals surface area contributed by atoms with E-state index in [-0.39, 0.29) is 18.7 Å². The number of nitrogens with one attached hydrogen (secondary N) is 1. The summed E-state index contributed by atoms with van der Waals surface area (Å²) in [6, 6.07) is 13.5. The van der Waals surface area contributed by atoms with Crippen molar-refractivity contribution in [2.24, 2.45) is 5.92 Å². The Kier molecular flexibility index (Phi) is 6.97. The van der Waals surface area contributed by atoms with Gasteiger partial charge in [0.25, 0.3) is 0 Å². The summed E-state index contributed by atoms with van der Waals surface area (Å²) in [5.74, 6) is 1.28. The summed E-state index contributed by atoms with van der Waals surface area (Å²) >= 11 is 6.29. The monoisotopic (exact) mass is 482 g/mol. The molecule has 1 fully saturated rings. The predicted molar refractivity (Wildman–Crippen MR) is 133 cm³/mol. The van der Waals surface area contributed by atoms with E-state index in [0.29, 0.717) is 30.7 Å². The van der Waals surface area contributed by atoms with Crippen LogP contribution in [0.25, 0.3) is 10.9 Å². The summed E-state index contributed by atoms with van der Waals surface area (Å²) in [5.41, 5.74) is 4.24. The van der Waals surface area contributed by atoms with Gasteiger partial charge < -0.3 is 19.6 Å². The Morgan fingerprint density at radius 3 is 2.71 bits per heavy atom. The van der Waals surface area contributed by atoms with Crippen LogP contribution in [0.15, 0.2) is 42.5 Å². The largest absolute Gasteiger partial charge is 0.494 e. The minimum absolute atomic E-state index is 0.175. The van der Waals surface area contributed by atoms with Crippen molar-refractivity contribution < 1.29 is 19.4 Å². The highest BCUT2D eigenvalue weighted by atomic mass is 35.5. The lowest BCUT2D eigenvalue weighted by atomic mass is 9.86. The number of aromatic amines is 1. The lowest BCUT2D eigenvalue weighted by molar-refractivity contribution is 0.0620. The van der Waals surface area contributed by atoms with Crippen molar-refractivity contribution in [2.75, 3.05) is 26.4 Å². The summed E-state index contributed by atoms with van der Waals surface area (Å²) in [7, 11) is 0. The Hall–Kier alpha value is -2.70. The molecule has 5 rings (SSSR count). The molecule has 1 aromatic heterocycles. The summed E-state index contributed by atoms with van der Waals surface area (Å²) < 4.78 is 11.6. The fourth-order valence-corrected chi connectivity index (χ4v) is 5.06. The first-order valence-corrected chi connectivity index (χ1v) is 12.6. The molecule has 1 amide bonds. The lowest BCUT2D eigenvalue weighted by Gasteiger charge is -2.36. The molecular weight excluding hydrogens is 452 g/mol. The fourth-order valence-electron chi connectivity index (χ4n) is 4.89. The number of benzene rings is 2. The van der Waals surface area contributed by atoms with E-state index in [4.69, 9.17) is 26.2 Å². The number of unbranched alkanes of at least 4 members (excludes halogenated alkanes) is 1. The van der Waals surface area contributed by atoms with Crippen LogP contribution in [0.5, 0.6) is 5.75 Å². The van der Waals surface area contributed by atoms with Crippen LogP contribution >= 0.6 is 11.6 Å². The summed E-state index contributed by atoms with van der Waals surface area (Å²) in [6.45, 7) is 1.82. The van der Waals surface area contributed by atoms with Gasteiger partial charge in [-0.2, -0.15) is 0 Å². The predicted octanol–water partition coefficient (Wildman–Crippen LogP) is 5.86. The highest BCUT2D eigenvalue weighted by Gasteiger charge is 2.36. The summed E-state index contributed by atoms with van der Waals surface area (Å²) in [5, 5.41) is 10.8. The van der Waals surface area contributed by atoms with Crippen LogP contribution in [-0.2, 0) is 11.2 Å². The summed E-state index contributed by atoms with van der Waals surface area (Å²) in [4.78, 5) is 18.6. The Bertz CT molecular complexity index is 1140. The third kappa shape index (κ3) is 4.75. The molecule has 2 aliphatic rings. The van der Waals surface area contributed by atoms with Gasteiger partial charge in [-0.1, -0.05) is 30.2 Å². The van der Waals surface area contributed by atoms with E-state index >= 15 is 0 Å². The van der Waals surface area contributed by atoms with E-state index in [1.807, 2.05) is 47.4 Å². The maximum Gasteiger partial charge on any atom is 0.410 e. The molecule has 1 aliphatic carbocycles. The molecule has 7 heteroatoms. The topological polar surface area (TPSA) is 74.8 Å². The lowest BCUT2D eigenvalue weighted by Crippen LogP contribution is -2.41. The average molecular weight is 483 g/mol. The Labute approximate surface area is 204 Å².